The number of nitrogens with zero attached hydrogens (tertiary/aromatic N) is 7. The molecule has 25 heavy (non-hydrogen) atoms. The Bertz CT molecular complexity index is 915. The van der Waals surface area contributed by atoms with Crippen molar-refractivity contribution in [3.8, 4) is 0 Å². The summed E-state index contributed by atoms with van der Waals surface area (Å²) in [7, 11) is 0. The van der Waals surface area contributed by atoms with E-state index in [9.17, 15) is 5.11 Å². The van der Waals surface area contributed by atoms with E-state index in [1.165, 1.54) is 0 Å². The number of aliphatic hydroxyl groups is 1. The maximum atomic E-state index is 9.87. The number of aliphatic hydroxyl groups excluding tert-OH is 1. The summed E-state index contributed by atoms with van der Waals surface area (Å²) >= 11 is 0. The van der Waals surface area contributed by atoms with Crippen molar-refractivity contribution in [2.75, 3.05) is 6.54 Å². The second kappa shape index (κ2) is 6.58. The van der Waals surface area contributed by atoms with Gasteiger partial charge in [0.15, 0.2) is 0 Å². The molecule has 2 heterocycles. The molecule has 4 rings (SSSR count). The van der Waals surface area contributed by atoms with Crippen LogP contribution in [-0.4, -0.2) is 52.6 Å². The zero-order valence-electron chi connectivity index (χ0n) is 13.9. The number of benzene rings is 2. The fourth-order valence-electron chi connectivity index (χ4n) is 2.96. The van der Waals surface area contributed by atoms with E-state index in [1.54, 1.807) is 6.92 Å². The first kappa shape index (κ1) is 15.7. The smallest absolute Gasteiger partial charge is 0.113 e. The third-order valence-electron chi connectivity index (χ3n) is 4.03. The highest BCUT2D eigenvalue weighted by molar-refractivity contribution is 5.74. The van der Waals surface area contributed by atoms with Gasteiger partial charge in [-0.25, -0.2) is 9.36 Å². The van der Waals surface area contributed by atoms with E-state index in [-0.39, 0.29) is 0 Å². The first-order chi connectivity index (χ1) is 12.2. The molecular weight excluding hydrogens is 318 g/mol. The second-order valence-corrected chi connectivity index (χ2v) is 6.14. The van der Waals surface area contributed by atoms with Crippen LogP contribution in [0.5, 0.6) is 0 Å². The van der Waals surface area contributed by atoms with Crippen molar-refractivity contribution < 1.29 is 5.11 Å². The minimum atomic E-state index is -0.468. The Morgan fingerprint density at radius 3 is 1.84 bits per heavy atom. The predicted octanol–water partition coefficient (Wildman–Crippen LogP) is 1.47. The zero-order valence-corrected chi connectivity index (χ0v) is 13.9. The first-order valence-corrected chi connectivity index (χ1v) is 8.17. The fraction of sp³-hybridized carbons (Fsp3) is 0.294. The lowest BCUT2D eigenvalue weighted by Crippen LogP contribution is -2.35. The van der Waals surface area contributed by atoms with Gasteiger partial charge in [-0.1, -0.05) is 34.7 Å². The first-order valence-electron chi connectivity index (χ1n) is 8.17. The Kier molecular flexibility index (Phi) is 4.12. The molecule has 1 atom stereocenters. The average molecular weight is 337 g/mol. The van der Waals surface area contributed by atoms with Crippen molar-refractivity contribution in [2.24, 2.45) is 0 Å². The molecule has 1 unspecified atom stereocenters. The summed E-state index contributed by atoms with van der Waals surface area (Å²) in [6.45, 7) is 3.26. The molecule has 2 aromatic heterocycles. The van der Waals surface area contributed by atoms with Crippen LogP contribution < -0.4 is 0 Å². The van der Waals surface area contributed by atoms with Gasteiger partial charge < -0.3 is 5.11 Å². The highest BCUT2D eigenvalue weighted by Crippen LogP contribution is 2.13. The van der Waals surface area contributed by atoms with Crippen molar-refractivity contribution in [3.05, 3.63) is 48.5 Å². The van der Waals surface area contributed by atoms with Crippen molar-refractivity contribution in [1.29, 1.82) is 0 Å². The Hall–Kier alpha value is -2.84. The van der Waals surface area contributed by atoms with Crippen LogP contribution in [0.15, 0.2) is 48.5 Å². The molecule has 0 aliphatic carbocycles. The minimum absolute atomic E-state index is 0.468. The lowest BCUT2D eigenvalue weighted by molar-refractivity contribution is 0.0788. The third kappa shape index (κ3) is 3.21. The summed E-state index contributed by atoms with van der Waals surface area (Å²) in [6, 6.07) is 15.7. The van der Waals surface area contributed by atoms with Gasteiger partial charge in [0.2, 0.25) is 0 Å². The summed E-state index contributed by atoms with van der Waals surface area (Å²) in [5, 5.41) is 26.7. The number of aromatic nitrogens is 6. The van der Waals surface area contributed by atoms with Gasteiger partial charge in [-0.05, 0) is 31.2 Å². The molecule has 2 aromatic carbocycles. The van der Waals surface area contributed by atoms with Crippen LogP contribution in [-0.2, 0) is 13.3 Å². The molecule has 0 aliphatic rings. The molecule has 8 nitrogen and oxygen atoms in total. The summed E-state index contributed by atoms with van der Waals surface area (Å²) in [5.41, 5.74) is 3.62. The van der Waals surface area contributed by atoms with Gasteiger partial charge in [0.1, 0.15) is 11.0 Å². The monoisotopic (exact) mass is 337 g/mol. The second-order valence-electron chi connectivity index (χ2n) is 6.14. The Morgan fingerprint density at radius 2 is 1.36 bits per heavy atom. The summed E-state index contributed by atoms with van der Waals surface area (Å²) < 4.78 is 3.66. The summed E-state index contributed by atoms with van der Waals surface area (Å²) in [6.07, 6.45) is -0.468. The predicted molar refractivity (Wildman–Crippen MR) is 93.4 cm³/mol. The number of fused-ring (bicyclic) bond motifs is 2. The van der Waals surface area contributed by atoms with E-state index in [0.29, 0.717) is 19.9 Å². The van der Waals surface area contributed by atoms with E-state index in [4.69, 9.17) is 0 Å². The number of hydrogen-bond acceptors (Lipinski definition) is 6. The van der Waals surface area contributed by atoms with Crippen molar-refractivity contribution in [1.82, 2.24) is 34.9 Å². The molecule has 0 bridgehead atoms. The maximum Gasteiger partial charge on any atom is 0.113 e. The molecule has 0 spiro atoms. The van der Waals surface area contributed by atoms with Crippen LogP contribution in [0.25, 0.3) is 22.1 Å². The molecule has 0 fully saturated rings. The van der Waals surface area contributed by atoms with E-state index in [2.05, 4.69) is 25.5 Å². The largest absolute Gasteiger partial charge is 0.392 e. The highest BCUT2D eigenvalue weighted by atomic mass is 16.3. The topological polar surface area (TPSA) is 84.9 Å². The molecule has 8 heteroatoms. The summed E-state index contributed by atoms with van der Waals surface area (Å²) in [4.78, 5) is 2.06. The Labute approximate surface area is 144 Å². The zero-order chi connectivity index (χ0) is 17.2. The van der Waals surface area contributed by atoms with Gasteiger partial charge in [0.05, 0.1) is 30.5 Å². The molecule has 1 N–H and O–H groups in total. The van der Waals surface area contributed by atoms with E-state index < -0.39 is 6.10 Å². The van der Waals surface area contributed by atoms with Crippen LogP contribution in [0.2, 0.25) is 0 Å². The standard InChI is InChI=1S/C17H19N7O/c1-13(25)10-22(11-23-16-8-4-2-6-14(16)18-20-23)12-24-17-9-5-3-7-15(17)19-21-24/h2-9,13,25H,10-12H2,1H3. The van der Waals surface area contributed by atoms with E-state index in [0.717, 1.165) is 22.1 Å². The molecule has 4 aromatic rings. The van der Waals surface area contributed by atoms with Gasteiger partial charge in [0, 0.05) is 6.54 Å². The van der Waals surface area contributed by atoms with Gasteiger partial charge in [0.25, 0.3) is 0 Å². The van der Waals surface area contributed by atoms with Crippen molar-refractivity contribution in [2.45, 2.75) is 26.4 Å². The molecule has 0 aliphatic heterocycles. The fourth-order valence-corrected chi connectivity index (χ4v) is 2.96. The van der Waals surface area contributed by atoms with Crippen molar-refractivity contribution in [3.63, 3.8) is 0 Å². The van der Waals surface area contributed by atoms with Crippen molar-refractivity contribution >= 4 is 22.1 Å². The van der Waals surface area contributed by atoms with Crippen LogP contribution >= 0.6 is 0 Å². The lowest BCUT2D eigenvalue weighted by Gasteiger charge is -2.23. The highest BCUT2D eigenvalue weighted by Gasteiger charge is 2.14. The molecular formula is C17H19N7O. The lowest BCUT2D eigenvalue weighted by atomic mass is 10.3. The van der Waals surface area contributed by atoms with Crippen LogP contribution in [0, 0.1) is 0 Å². The Morgan fingerprint density at radius 1 is 0.880 bits per heavy atom. The van der Waals surface area contributed by atoms with Crippen LogP contribution in [0.4, 0.5) is 0 Å². The van der Waals surface area contributed by atoms with Crippen LogP contribution in [0.3, 0.4) is 0 Å². The third-order valence-corrected chi connectivity index (χ3v) is 4.03. The number of rotatable bonds is 6. The SMILES string of the molecule is CC(O)CN(Cn1nnc2ccccc21)Cn1nnc2ccccc21. The Balaban J connectivity index is 1.62. The van der Waals surface area contributed by atoms with Gasteiger partial charge in [-0.2, -0.15) is 0 Å². The quantitative estimate of drug-likeness (QED) is 0.573. The molecule has 0 saturated heterocycles. The van der Waals surface area contributed by atoms with E-state index in [1.807, 2.05) is 57.9 Å². The maximum absolute atomic E-state index is 9.87. The minimum Gasteiger partial charge on any atom is -0.392 e. The number of hydrogen-bond donors (Lipinski definition) is 1. The van der Waals surface area contributed by atoms with Gasteiger partial charge >= 0.3 is 0 Å². The average Bonchev–Trinajstić information content (AvgIpc) is 3.20. The molecule has 0 amide bonds. The van der Waals surface area contributed by atoms with E-state index >= 15 is 0 Å². The number of para-hydroxylation sites is 2. The molecule has 128 valence electrons. The normalized spacial score (nSPS) is 13.1. The molecule has 0 radical (unpaired) electrons. The van der Waals surface area contributed by atoms with Gasteiger partial charge in [-0.3, -0.25) is 4.90 Å². The van der Waals surface area contributed by atoms with Crippen LogP contribution in [0.1, 0.15) is 6.92 Å². The summed E-state index contributed by atoms with van der Waals surface area (Å²) in [5.74, 6) is 0. The van der Waals surface area contributed by atoms with Gasteiger partial charge in [-0.15, -0.1) is 10.2 Å². The molecule has 0 saturated carbocycles.